The zero-order chi connectivity index (χ0) is 8.97. The van der Waals surface area contributed by atoms with Gasteiger partial charge in [0.05, 0.1) is 6.10 Å². The van der Waals surface area contributed by atoms with Crippen LogP contribution in [0.15, 0.2) is 0 Å². The van der Waals surface area contributed by atoms with E-state index in [0.717, 1.165) is 5.92 Å². The largest absolute Gasteiger partial charge is 0.364 e. The van der Waals surface area contributed by atoms with Gasteiger partial charge in [0.2, 0.25) is 0 Å². The van der Waals surface area contributed by atoms with Crippen LogP contribution in [-0.2, 0) is 4.74 Å². The second-order valence-corrected chi connectivity index (χ2v) is 6.01. The quantitative estimate of drug-likeness (QED) is 0.654. The predicted octanol–water partition coefficient (Wildman–Crippen LogP) is 3.55. The maximum Gasteiger partial charge on any atom is 0.116 e. The van der Waals surface area contributed by atoms with Gasteiger partial charge < -0.3 is 4.74 Å². The highest BCUT2D eigenvalue weighted by Gasteiger charge is 2.26. The molecule has 1 fully saturated rings. The molecular weight excluding hydrogens is 188 g/mol. The van der Waals surface area contributed by atoms with E-state index in [4.69, 9.17) is 4.74 Å². The van der Waals surface area contributed by atoms with Crippen LogP contribution in [0.2, 0.25) is 0 Å². The summed E-state index contributed by atoms with van der Waals surface area (Å²) in [5, 5.41) is 0. The third-order valence-electron chi connectivity index (χ3n) is 2.05. The van der Waals surface area contributed by atoms with Crippen LogP contribution in [0.1, 0.15) is 33.6 Å². The fourth-order valence-corrected chi connectivity index (χ4v) is 4.30. The molecule has 1 rings (SSSR count). The average Bonchev–Trinajstić information content (AvgIpc) is 2.04. The summed E-state index contributed by atoms with van der Waals surface area (Å²) in [5.74, 6) is 2.07. The van der Waals surface area contributed by atoms with Gasteiger partial charge in [-0.25, -0.2) is 0 Å². The molecule has 0 aromatic carbocycles. The van der Waals surface area contributed by atoms with E-state index in [1.54, 1.807) is 0 Å². The first-order valence-electron chi connectivity index (χ1n) is 4.67. The van der Waals surface area contributed by atoms with Crippen LogP contribution in [0.5, 0.6) is 0 Å². The summed E-state index contributed by atoms with van der Waals surface area (Å²) < 4.78 is 5.84. The molecule has 0 N–H and O–H groups in total. The van der Waals surface area contributed by atoms with Crippen molar-refractivity contribution < 1.29 is 4.74 Å². The van der Waals surface area contributed by atoms with Crippen LogP contribution in [0.3, 0.4) is 0 Å². The van der Waals surface area contributed by atoms with Crippen LogP contribution in [-0.4, -0.2) is 17.3 Å². The Hall–Kier alpha value is 0.660. The van der Waals surface area contributed by atoms with Crippen molar-refractivity contribution in [3.63, 3.8) is 0 Å². The summed E-state index contributed by atoms with van der Waals surface area (Å²) in [6, 6.07) is 0. The molecule has 0 radical (unpaired) electrons. The minimum atomic E-state index is 0.371. The van der Waals surface area contributed by atoms with Crippen molar-refractivity contribution in [2.24, 2.45) is 5.92 Å². The highest BCUT2D eigenvalue weighted by atomic mass is 33.1. The van der Waals surface area contributed by atoms with Gasteiger partial charge in [0, 0.05) is 5.75 Å². The van der Waals surface area contributed by atoms with Crippen molar-refractivity contribution in [3.05, 3.63) is 0 Å². The van der Waals surface area contributed by atoms with Gasteiger partial charge in [0.25, 0.3) is 0 Å². The van der Waals surface area contributed by atoms with E-state index in [1.165, 1.54) is 18.6 Å². The summed E-state index contributed by atoms with van der Waals surface area (Å²) in [7, 11) is 3.87. The molecule has 72 valence electrons. The van der Waals surface area contributed by atoms with Gasteiger partial charge in [-0.1, -0.05) is 28.5 Å². The Kier molecular flexibility index (Phi) is 4.84. The van der Waals surface area contributed by atoms with Crippen molar-refractivity contribution in [1.82, 2.24) is 0 Å². The normalized spacial score (nSPS) is 31.0. The number of hydrogen-bond acceptors (Lipinski definition) is 3. The first-order chi connectivity index (χ1) is 5.74. The lowest BCUT2D eigenvalue weighted by molar-refractivity contribution is 0.0262. The molecule has 0 bridgehead atoms. The Morgan fingerprint density at radius 3 is 2.83 bits per heavy atom. The second kappa shape index (κ2) is 5.40. The maximum absolute atomic E-state index is 5.84. The highest BCUT2D eigenvalue weighted by Crippen LogP contribution is 2.41. The fourth-order valence-electron chi connectivity index (χ4n) is 1.33. The molecule has 1 aliphatic heterocycles. The summed E-state index contributed by atoms with van der Waals surface area (Å²) in [6.07, 6.45) is 2.95. The van der Waals surface area contributed by atoms with Crippen molar-refractivity contribution in [2.45, 2.75) is 45.2 Å². The molecule has 12 heavy (non-hydrogen) atoms. The third kappa shape index (κ3) is 3.19. The van der Waals surface area contributed by atoms with Gasteiger partial charge in [0.1, 0.15) is 5.44 Å². The lowest BCUT2D eigenvalue weighted by atomic mass is 10.0. The second-order valence-electron chi connectivity index (χ2n) is 3.43. The van der Waals surface area contributed by atoms with Crippen molar-refractivity contribution in [1.29, 1.82) is 0 Å². The Bertz CT molecular complexity index is 128. The molecule has 0 spiro atoms. The minimum absolute atomic E-state index is 0.371. The maximum atomic E-state index is 5.84. The molecule has 1 heterocycles. The first kappa shape index (κ1) is 10.7. The number of rotatable bonds is 3. The van der Waals surface area contributed by atoms with Crippen LogP contribution in [0.25, 0.3) is 0 Å². The molecule has 1 saturated heterocycles. The smallest absolute Gasteiger partial charge is 0.116 e. The van der Waals surface area contributed by atoms with Crippen LogP contribution < -0.4 is 0 Å². The molecule has 0 aliphatic carbocycles. The number of ether oxygens (including phenoxy) is 1. The van der Waals surface area contributed by atoms with Crippen LogP contribution >= 0.6 is 21.6 Å². The minimum Gasteiger partial charge on any atom is -0.364 e. The van der Waals surface area contributed by atoms with Gasteiger partial charge in [-0.15, -0.1) is 0 Å². The lowest BCUT2D eigenvalue weighted by Gasteiger charge is -2.30. The van der Waals surface area contributed by atoms with Crippen molar-refractivity contribution in [2.75, 3.05) is 5.75 Å². The molecule has 0 aromatic rings. The lowest BCUT2D eigenvalue weighted by Crippen LogP contribution is -2.25. The Morgan fingerprint density at radius 2 is 2.25 bits per heavy atom. The zero-order valence-electron chi connectivity index (χ0n) is 8.08. The van der Waals surface area contributed by atoms with Crippen LogP contribution in [0.4, 0.5) is 0 Å². The standard InChI is InChI=1S/C9H18OS2/c1-4-8-5-6-11-12-9(8)10-7(2)3/h7-9H,4-6H2,1-3H3. The first-order valence-corrected chi connectivity index (χ1v) is 7.06. The zero-order valence-corrected chi connectivity index (χ0v) is 9.71. The van der Waals surface area contributed by atoms with Crippen molar-refractivity contribution >= 4 is 21.6 Å². The van der Waals surface area contributed by atoms with Crippen LogP contribution in [0, 0.1) is 5.92 Å². The Balaban J connectivity index is 2.36. The Labute approximate surface area is 83.4 Å². The molecule has 2 unspecified atom stereocenters. The van der Waals surface area contributed by atoms with E-state index in [9.17, 15) is 0 Å². The van der Waals surface area contributed by atoms with E-state index in [0.29, 0.717) is 11.5 Å². The molecule has 1 aliphatic rings. The van der Waals surface area contributed by atoms with E-state index in [2.05, 4.69) is 20.8 Å². The van der Waals surface area contributed by atoms with Crippen molar-refractivity contribution in [3.8, 4) is 0 Å². The average molecular weight is 206 g/mol. The monoisotopic (exact) mass is 206 g/mol. The molecule has 2 atom stereocenters. The SMILES string of the molecule is CCC1CCSSC1OC(C)C. The van der Waals surface area contributed by atoms with E-state index < -0.39 is 0 Å². The van der Waals surface area contributed by atoms with E-state index in [-0.39, 0.29) is 0 Å². The van der Waals surface area contributed by atoms with Gasteiger partial charge in [-0.2, -0.15) is 0 Å². The van der Waals surface area contributed by atoms with E-state index >= 15 is 0 Å². The summed E-state index contributed by atoms with van der Waals surface area (Å²) in [5.41, 5.74) is 0.439. The highest BCUT2D eigenvalue weighted by molar-refractivity contribution is 8.77. The molecule has 0 saturated carbocycles. The fraction of sp³-hybridized carbons (Fsp3) is 1.00. The van der Waals surface area contributed by atoms with E-state index in [1.807, 2.05) is 21.6 Å². The summed E-state index contributed by atoms with van der Waals surface area (Å²) in [4.78, 5) is 0. The molecular formula is C9H18OS2. The topological polar surface area (TPSA) is 9.23 Å². The summed E-state index contributed by atoms with van der Waals surface area (Å²) >= 11 is 0. The van der Waals surface area contributed by atoms with Gasteiger partial charge in [0.15, 0.2) is 0 Å². The van der Waals surface area contributed by atoms with Gasteiger partial charge in [-0.3, -0.25) is 0 Å². The number of hydrogen-bond donors (Lipinski definition) is 0. The molecule has 0 amide bonds. The molecule has 0 aromatic heterocycles. The third-order valence-corrected chi connectivity index (χ3v) is 4.75. The molecule has 1 nitrogen and oxygen atoms in total. The van der Waals surface area contributed by atoms with Gasteiger partial charge in [-0.05, 0) is 32.6 Å². The van der Waals surface area contributed by atoms with Gasteiger partial charge >= 0.3 is 0 Å². The molecule has 3 heteroatoms. The summed E-state index contributed by atoms with van der Waals surface area (Å²) in [6.45, 7) is 6.50. The Morgan fingerprint density at radius 1 is 1.50 bits per heavy atom. The predicted molar refractivity (Wildman–Crippen MR) is 58.5 cm³/mol.